The molecule has 2 fully saturated rings. The summed E-state index contributed by atoms with van der Waals surface area (Å²) in [6.07, 6.45) is -1.53. The van der Waals surface area contributed by atoms with E-state index in [4.69, 9.17) is 22.6 Å². The number of urea groups is 1. The van der Waals surface area contributed by atoms with Gasteiger partial charge in [-0.3, -0.25) is 9.59 Å². The average molecular weight is 788 g/mol. The van der Waals surface area contributed by atoms with Crippen molar-refractivity contribution in [2.45, 2.75) is 51.2 Å². The molecular weight excluding hydrogens is 744 g/mol. The quantitative estimate of drug-likeness (QED) is 0.189. The molecule has 2 aliphatic rings. The summed E-state index contributed by atoms with van der Waals surface area (Å²) < 4.78 is 72.2. The minimum atomic E-state index is -4.75. The van der Waals surface area contributed by atoms with Crippen molar-refractivity contribution in [2.24, 2.45) is 5.92 Å². The molecule has 0 radical (unpaired) electrons. The summed E-state index contributed by atoms with van der Waals surface area (Å²) in [6, 6.07) is 9.70. The molecular formula is C32H44F3N9O7S2. The summed E-state index contributed by atoms with van der Waals surface area (Å²) >= 11 is 0. The highest BCUT2D eigenvalue weighted by atomic mass is 32.2. The van der Waals surface area contributed by atoms with Gasteiger partial charge in [0.15, 0.2) is 0 Å². The number of piperidine rings is 1. The van der Waals surface area contributed by atoms with Crippen molar-refractivity contribution in [1.82, 2.24) is 31.2 Å². The molecule has 2 aromatic rings. The third-order valence-electron chi connectivity index (χ3n) is 8.29. The number of carbonyl (C=O) groups excluding carboxylic acids is 3. The number of hydrogen-bond acceptors (Lipinski definition) is 12. The molecule has 21 heteroatoms. The van der Waals surface area contributed by atoms with Crippen molar-refractivity contribution >= 4 is 53.6 Å². The number of nitrogens with zero attached hydrogens (tertiary/aromatic N) is 5. The van der Waals surface area contributed by atoms with Crippen LogP contribution in [0.5, 0.6) is 0 Å². The molecule has 1 aromatic heterocycles. The third-order valence-corrected chi connectivity index (χ3v) is 8.29. The van der Waals surface area contributed by atoms with E-state index < -0.39 is 28.7 Å². The zero-order valence-electron chi connectivity index (χ0n) is 29.1. The number of aromatic nitrogens is 2. The molecule has 4 amide bonds. The largest absolute Gasteiger partial charge is 0.451 e. The predicted octanol–water partition coefficient (Wildman–Crippen LogP) is 1.47. The van der Waals surface area contributed by atoms with Gasteiger partial charge in [-0.1, -0.05) is 12.1 Å². The summed E-state index contributed by atoms with van der Waals surface area (Å²) in [5.74, 6) is -1.12. The Balaban J connectivity index is 0.00000185. The van der Waals surface area contributed by atoms with Crippen LogP contribution in [0.4, 0.5) is 29.6 Å². The first-order valence-corrected chi connectivity index (χ1v) is 17.6. The van der Waals surface area contributed by atoms with Crippen molar-refractivity contribution in [2.75, 3.05) is 68.8 Å². The summed E-state index contributed by atoms with van der Waals surface area (Å²) in [5, 5.41) is 19.9. The van der Waals surface area contributed by atoms with Gasteiger partial charge in [0.25, 0.3) is 0 Å². The minimum absolute atomic E-state index is 0. The lowest BCUT2D eigenvalue weighted by Gasteiger charge is -2.41. The van der Waals surface area contributed by atoms with E-state index in [0.717, 1.165) is 24.8 Å². The number of amides is 4. The standard InChI is InChI=1S/C32H42F3N9O4.O3S.H2S/c1-22(45)37-13-18-48-19-14-40-31(47)39-12-7-24-8-15-43(16-9-24)27-20-28(42-30(41-27)32(33,34)35)44-17-10-26(44)29(46)38-11-6-23-2-4-25(21-36)5-3-23;1-4(2)3;/h2-5,20,24,26H,6-19H2,1H3,(H,37,45)(H,38,46)(H2,39,40,47);;1H2/t26-;;/m0../s1. The normalized spacial score (nSPS) is 15.3. The van der Waals surface area contributed by atoms with Crippen LogP contribution >= 0.6 is 13.5 Å². The number of ether oxygens (including phenoxy) is 1. The van der Waals surface area contributed by atoms with Gasteiger partial charge in [-0.2, -0.15) is 31.9 Å². The lowest BCUT2D eigenvalue weighted by molar-refractivity contribution is -0.144. The van der Waals surface area contributed by atoms with Crippen LogP contribution in [0.15, 0.2) is 30.3 Å². The molecule has 0 spiro atoms. The molecule has 0 aliphatic carbocycles. The van der Waals surface area contributed by atoms with Crippen LogP contribution in [-0.2, 0) is 37.5 Å². The number of benzene rings is 1. The molecule has 2 aliphatic heterocycles. The second-order valence-corrected chi connectivity index (χ2v) is 12.4. The highest BCUT2D eigenvalue weighted by molar-refractivity contribution is 7.59. The second-order valence-electron chi connectivity index (χ2n) is 12.0. The van der Waals surface area contributed by atoms with Gasteiger partial charge < -0.3 is 35.8 Å². The first-order chi connectivity index (χ1) is 24.8. The van der Waals surface area contributed by atoms with Gasteiger partial charge in [0.1, 0.15) is 17.7 Å². The maximum Gasteiger partial charge on any atom is 0.451 e. The van der Waals surface area contributed by atoms with Crippen LogP contribution in [0.25, 0.3) is 0 Å². The SMILES string of the molecule is CC(=O)NCCOCCNC(=O)NCCC1CCN(c2cc(N3CC[C@H]3C(=O)NCCc3ccc(C#N)cc3)nc(C(F)(F)F)n2)CC1.O=S(=O)=O.S. The van der Waals surface area contributed by atoms with E-state index in [0.29, 0.717) is 77.4 Å². The Morgan fingerprint density at radius 2 is 1.51 bits per heavy atom. The molecule has 16 nitrogen and oxygen atoms in total. The maximum absolute atomic E-state index is 13.9. The predicted molar refractivity (Wildman–Crippen MR) is 191 cm³/mol. The number of anilines is 2. The molecule has 1 aromatic carbocycles. The number of alkyl halides is 3. The molecule has 0 saturated carbocycles. The Hall–Kier alpha value is -4.68. The number of rotatable bonds is 15. The highest BCUT2D eigenvalue weighted by Crippen LogP contribution is 2.34. The van der Waals surface area contributed by atoms with Crippen molar-refractivity contribution in [3.05, 3.63) is 47.3 Å². The molecule has 53 heavy (non-hydrogen) atoms. The van der Waals surface area contributed by atoms with Crippen LogP contribution in [-0.4, -0.2) is 106 Å². The average Bonchev–Trinajstić information content (AvgIpc) is 3.07. The van der Waals surface area contributed by atoms with Gasteiger partial charge in [-0.25, -0.2) is 14.8 Å². The van der Waals surface area contributed by atoms with E-state index in [9.17, 15) is 27.6 Å². The van der Waals surface area contributed by atoms with E-state index in [2.05, 4.69) is 37.3 Å². The fraction of sp³-hybridized carbons (Fsp3) is 0.562. The van der Waals surface area contributed by atoms with Crippen molar-refractivity contribution < 1.29 is 44.9 Å². The summed E-state index contributed by atoms with van der Waals surface area (Å²) in [4.78, 5) is 46.8. The summed E-state index contributed by atoms with van der Waals surface area (Å²) in [7, 11) is -3.11. The van der Waals surface area contributed by atoms with E-state index in [1.54, 1.807) is 17.0 Å². The second kappa shape index (κ2) is 22.4. The fourth-order valence-corrected chi connectivity index (χ4v) is 5.53. The zero-order chi connectivity index (χ0) is 38.1. The van der Waals surface area contributed by atoms with Crippen molar-refractivity contribution in [3.8, 4) is 6.07 Å². The molecule has 1 atom stereocenters. The van der Waals surface area contributed by atoms with E-state index in [1.165, 1.54) is 13.0 Å². The number of nitrogens with one attached hydrogen (secondary N) is 4. The Labute approximate surface area is 313 Å². The first kappa shape index (κ1) is 44.5. The lowest BCUT2D eigenvalue weighted by atomic mass is 9.93. The molecule has 0 bridgehead atoms. The number of nitriles is 1. The lowest BCUT2D eigenvalue weighted by Crippen LogP contribution is -2.57. The molecule has 292 valence electrons. The van der Waals surface area contributed by atoms with Gasteiger partial charge in [0.2, 0.25) is 17.6 Å². The first-order valence-electron chi connectivity index (χ1n) is 16.6. The molecule has 4 rings (SSSR count). The number of carbonyl (C=O) groups is 3. The van der Waals surface area contributed by atoms with Crippen LogP contribution in [0.2, 0.25) is 0 Å². The number of hydrogen-bond donors (Lipinski definition) is 4. The van der Waals surface area contributed by atoms with Gasteiger partial charge in [-0.05, 0) is 55.7 Å². The Morgan fingerprint density at radius 1 is 0.906 bits per heavy atom. The fourth-order valence-electron chi connectivity index (χ4n) is 5.53. The zero-order valence-corrected chi connectivity index (χ0v) is 30.9. The van der Waals surface area contributed by atoms with Gasteiger partial charge >= 0.3 is 22.8 Å². The Bertz CT molecular complexity index is 1650. The van der Waals surface area contributed by atoms with Gasteiger partial charge in [-0.15, -0.1) is 12.6 Å². The summed E-state index contributed by atoms with van der Waals surface area (Å²) in [6.45, 7) is 5.04. The van der Waals surface area contributed by atoms with Gasteiger partial charge in [0.05, 0.1) is 24.8 Å². The van der Waals surface area contributed by atoms with Crippen LogP contribution in [0, 0.1) is 17.2 Å². The molecule has 0 unspecified atom stereocenters. The third kappa shape index (κ3) is 15.8. The molecule has 4 N–H and O–H groups in total. The van der Waals surface area contributed by atoms with E-state index >= 15 is 0 Å². The Kier molecular flexibility index (Phi) is 18.8. The number of halogens is 3. The highest BCUT2D eigenvalue weighted by Gasteiger charge is 2.40. The monoisotopic (exact) mass is 787 g/mol. The van der Waals surface area contributed by atoms with Crippen LogP contribution < -0.4 is 31.1 Å². The van der Waals surface area contributed by atoms with Crippen LogP contribution in [0.3, 0.4) is 0 Å². The summed E-state index contributed by atoms with van der Waals surface area (Å²) in [5.41, 5.74) is 1.50. The van der Waals surface area contributed by atoms with Crippen molar-refractivity contribution in [1.29, 1.82) is 5.26 Å². The maximum atomic E-state index is 13.9. The molecule has 3 heterocycles. The van der Waals surface area contributed by atoms with Crippen LogP contribution in [0.1, 0.15) is 49.6 Å². The van der Waals surface area contributed by atoms with E-state index in [-0.39, 0.29) is 48.9 Å². The molecule has 2 saturated heterocycles. The topological polar surface area (TPSA) is 216 Å². The Morgan fingerprint density at radius 3 is 2.08 bits per heavy atom. The van der Waals surface area contributed by atoms with E-state index in [1.807, 2.05) is 17.0 Å². The van der Waals surface area contributed by atoms with Crippen molar-refractivity contribution in [3.63, 3.8) is 0 Å². The smallest absolute Gasteiger partial charge is 0.378 e. The van der Waals surface area contributed by atoms with Gasteiger partial charge in [0, 0.05) is 58.8 Å². The minimum Gasteiger partial charge on any atom is -0.378 e.